The van der Waals surface area contributed by atoms with Crippen LogP contribution in [0.4, 0.5) is 0 Å². The number of carbonyl (C=O) groups excluding carboxylic acids is 3. The lowest BCUT2D eigenvalue weighted by Crippen LogP contribution is -2.30. The van der Waals surface area contributed by atoms with Crippen molar-refractivity contribution in [3.05, 3.63) is 72.9 Å². The maximum atomic E-state index is 12.8. The van der Waals surface area contributed by atoms with Gasteiger partial charge in [0.25, 0.3) is 0 Å². The molecular weight excluding hydrogens is 757 g/mol. The summed E-state index contributed by atoms with van der Waals surface area (Å²) >= 11 is 0. The second-order valence-corrected chi connectivity index (χ2v) is 16.7. The molecule has 350 valence electrons. The molecule has 0 aliphatic heterocycles. The molecule has 1 unspecified atom stereocenters. The van der Waals surface area contributed by atoms with Crippen molar-refractivity contribution in [2.45, 2.75) is 245 Å². The number of carbonyl (C=O) groups is 3. The molecule has 0 aromatic carbocycles. The van der Waals surface area contributed by atoms with Crippen LogP contribution < -0.4 is 0 Å². The maximum Gasteiger partial charge on any atom is 0.306 e. The third kappa shape index (κ3) is 47.7. The van der Waals surface area contributed by atoms with Crippen LogP contribution in [0.1, 0.15) is 239 Å². The van der Waals surface area contributed by atoms with E-state index in [0.717, 1.165) is 103 Å². The van der Waals surface area contributed by atoms with Crippen LogP contribution in [0, 0.1) is 0 Å². The number of allylic oxidation sites excluding steroid dienone is 12. The predicted octanol–water partition coefficient (Wildman–Crippen LogP) is 16.6. The molecule has 6 nitrogen and oxygen atoms in total. The number of hydrogen-bond acceptors (Lipinski definition) is 6. The van der Waals surface area contributed by atoms with E-state index in [1.54, 1.807) is 0 Å². The summed E-state index contributed by atoms with van der Waals surface area (Å²) in [6, 6.07) is 0. The summed E-state index contributed by atoms with van der Waals surface area (Å²) in [5.74, 6) is -0.911. The summed E-state index contributed by atoms with van der Waals surface area (Å²) in [5, 5.41) is 0. The van der Waals surface area contributed by atoms with Gasteiger partial charge in [-0.15, -0.1) is 0 Å². The van der Waals surface area contributed by atoms with Crippen molar-refractivity contribution in [1.82, 2.24) is 0 Å². The van der Waals surface area contributed by atoms with Gasteiger partial charge < -0.3 is 14.2 Å². The van der Waals surface area contributed by atoms with Crippen molar-refractivity contribution >= 4 is 17.9 Å². The first-order valence-electron chi connectivity index (χ1n) is 25.4. The Labute approximate surface area is 376 Å². The highest BCUT2D eigenvalue weighted by Crippen LogP contribution is 2.14. The van der Waals surface area contributed by atoms with Gasteiger partial charge >= 0.3 is 17.9 Å². The van der Waals surface area contributed by atoms with Gasteiger partial charge in [-0.3, -0.25) is 14.4 Å². The lowest BCUT2D eigenvalue weighted by Gasteiger charge is -2.18. The predicted molar refractivity (Wildman–Crippen MR) is 261 cm³/mol. The molecule has 0 aliphatic carbocycles. The molecule has 0 saturated carbocycles. The SMILES string of the molecule is CC/C=C\C/C=C\C/C=C\C/C=C\CCCCCCCCC(=O)OCC(COC(=O)CCCCCCCCC)OC(=O)CCCCCCCCC/C=C\C/C=C\CCCCC. The topological polar surface area (TPSA) is 78.9 Å². The van der Waals surface area contributed by atoms with E-state index in [0.29, 0.717) is 19.3 Å². The molecule has 6 heteroatoms. The third-order valence-corrected chi connectivity index (χ3v) is 10.7. The van der Waals surface area contributed by atoms with Gasteiger partial charge in [0.05, 0.1) is 0 Å². The van der Waals surface area contributed by atoms with Crippen LogP contribution in [0.5, 0.6) is 0 Å². The van der Waals surface area contributed by atoms with Gasteiger partial charge in [0.1, 0.15) is 13.2 Å². The molecule has 1 atom stereocenters. The van der Waals surface area contributed by atoms with Crippen molar-refractivity contribution in [3.8, 4) is 0 Å². The van der Waals surface area contributed by atoms with Crippen LogP contribution in [0.3, 0.4) is 0 Å². The van der Waals surface area contributed by atoms with Crippen LogP contribution in [0.15, 0.2) is 72.9 Å². The molecule has 0 radical (unpaired) electrons. The van der Waals surface area contributed by atoms with Gasteiger partial charge in [-0.25, -0.2) is 0 Å². The third-order valence-electron chi connectivity index (χ3n) is 10.7. The van der Waals surface area contributed by atoms with Crippen molar-refractivity contribution < 1.29 is 28.6 Å². The monoisotopic (exact) mass is 851 g/mol. The fourth-order valence-electron chi connectivity index (χ4n) is 6.87. The van der Waals surface area contributed by atoms with Gasteiger partial charge in [0, 0.05) is 19.3 Å². The first-order chi connectivity index (χ1) is 30.0. The Morgan fingerprint density at radius 3 is 1.03 bits per heavy atom. The zero-order chi connectivity index (χ0) is 44.4. The quantitative estimate of drug-likeness (QED) is 0.0263. The van der Waals surface area contributed by atoms with Crippen molar-refractivity contribution in [2.24, 2.45) is 0 Å². The summed E-state index contributed by atoms with van der Waals surface area (Å²) in [5.41, 5.74) is 0. The lowest BCUT2D eigenvalue weighted by atomic mass is 10.1. The van der Waals surface area contributed by atoms with Gasteiger partial charge in [-0.2, -0.15) is 0 Å². The summed E-state index contributed by atoms with van der Waals surface area (Å²) in [7, 11) is 0. The minimum absolute atomic E-state index is 0.0831. The van der Waals surface area contributed by atoms with E-state index in [9.17, 15) is 14.4 Å². The molecule has 0 heterocycles. The molecular formula is C55H94O6. The largest absolute Gasteiger partial charge is 0.462 e. The second-order valence-electron chi connectivity index (χ2n) is 16.7. The van der Waals surface area contributed by atoms with E-state index in [1.165, 1.54) is 96.3 Å². The average molecular weight is 851 g/mol. The van der Waals surface area contributed by atoms with Crippen molar-refractivity contribution in [3.63, 3.8) is 0 Å². The van der Waals surface area contributed by atoms with Crippen molar-refractivity contribution in [1.29, 1.82) is 0 Å². The molecule has 0 amide bonds. The van der Waals surface area contributed by atoms with E-state index in [1.807, 2.05) is 0 Å². The number of esters is 3. The van der Waals surface area contributed by atoms with Crippen molar-refractivity contribution in [2.75, 3.05) is 13.2 Å². The van der Waals surface area contributed by atoms with Crippen LogP contribution in [-0.2, 0) is 28.6 Å². The first-order valence-corrected chi connectivity index (χ1v) is 25.4. The van der Waals surface area contributed by atoms with Crippen LogP contribution >= 0.6 is 0 Å². The maximum absolute atomic E-state index is 12.8. The molecule has 0 fully saturated rings. The lowest BCUT2D eigenvalue weighted by molar-refractivity contribution is -0.167. The Kier molecular flexibility index (Phi) is 46.9. The van der Waals surface area contributed by atoms with E-state index in [4.69, 9.17) is 14.2 Å². The zero-order valence-corrected chi connectivity index (χ0v) is 39.9. The Morgan fingerprint density at radius 2 is 0.639 bits per heavy atom. The highest BCUT2D eigenvalue weighted by Gasteiger charge is 2.19. The summed E-state index contributed by atoms with van der Waals surface area (Å²) < 4.78 is 16.7. The minimum Gasteiger partial charge on any atom is -0.462 e. The Balaban J connectivity index is 4.30. The summed E-state index contributed by atoms with van der Waals surface area (Å²) in [6.07, 6.45) is 61.8. The smallest absolute Gasteiger partial charge is 0.306 e. The highest BCUT2D eigenvalue weighted by molar-refractivity contribution is 5.71. The first kappa shape index (κ1) is 57.9. The molecule has 0 rings (SSSR count). The fourth-order valence-corrected chi connectivity index (χ4v) is 6.87. The minimum atomic E-state index is -0.782. The normalized spacial score (nSPS) is 12.6. The van der Waals surface area contributed by atoms with Gasteiger partial charge in [-0.1, -0.05) is 203 Å². The Hall–Kier alpha value is -3.15. The highest BCUT2D eigenvalue weighted by atomic mass is 16.6. The number of rotatable bonds is 45. The summed E-state index contributed by atoms with van der Waals surface area (Å²) in [4.78, 5) is 37.8. The molecule has 0 aromatic rings. The molecule has 0 aliphatic rings. The Morgan fingerprint density at radius 1 is 0.344 bits per heavy atom. The Bertz CT molecular complexity index is 1160. The number of ether oxygens (including phenoxy) is 3. The molecule has 61 heavy (non-hydrogen) atoms. The van der Waals surface area contributed by atoms with Crippen LogP contribution in [0.25, 0.3) is 0 Å². The second kappa shape index (κ2) is 49.5. The molecule has 0 saturated heterocycles. The molecule has 0 bridgehead atoms. The molecule has 0 spiro atoms. The van der Waals surface area contributed by atoms with Crippen LogP contribution in [0.2, 0.25) is 0 Å². The summed E-state index contributed by atoms with van der Waals surface area (Å²) in [6.45, 7) is 6.44. The number of hydrogen-bond donors (Lipinski definition) is 0. The average Bonchev–Trinajstić information content (AvgIpc) is 3.26. The fraction of sp³-hybridized carbons (Fsp3) is 0.727. The van der Waals surface area contributed by atoms with E-state index in [2.05, 4.69) is 93.7 Å². The standard InChI is InChI=1S/C55H94O6/c1-4-7-10-13-16-18-20-22-24-26-27-29-30-32-34-36-39-42-45-48-54(57)60-51-52(50-59-53(56)47-44-41-38-15-12-9-6-3)61-55(58)49-46-43-40-37-35-33-31-28-25-23-21-19-17-14-11-8-5-2/h7,10,16-19,22-25,27,29,52H,4-6,8-9,11-15,20-21,26,28,30-51H2,1-3H3/b10-7-,18-16-,19-17-,24-22-,25-23-,29-27-. The van der Waals surface area contributed by atoms with Gasteiger partial charge in [0.2, 0.25) is 0 Å². The van der Waals surface area contributed by atoms with Gasteiger partial charge in [0.15, 0.2) is 6.10 Å². The van der Waals surface area contributed by atoms with E-state index < -0.39 is 6.10 Å². The zero-order valence-electron chi connectivity index (χ0n) is 39.9. The molecule has 0 N–H and O–H groups in total. The van der Waals surface area contributed by atoms with E-state index >= 15 is 0 Å². The number of unbranched alkanes of at least 4 members (excludes halogenated alkanes) is 22. The van der Waals surface area contributed by atoms with Gasteiger partial charge in [-0.05, 0) is 89.9 Å². The van der Waals surface area contributed by atoms with E-state index in [-0.39, 0.29) is 31.1 Å². The van der Waals surface area contributed by atoms with Crippen LogP contribution in [-0.4, -0.2) is 37.2 Å². The molecule has 0 aromatic heterocycles.